The van der Waals surface area contributed by atoms with Crippen molar-refractivity contribution in [2.75, 3.05) is 26.1 Å². The number of rotatable bonds is 5. The average molecular weight is 275 g/mol. The van der Waals surface area contributed by atoms with Crippen LogP contribution in [0.1, 0.15) is 5.56 Å². The maximum Gasteiger partial charge on any atom is 0.243 e. The van der Waals surface area contributed by atoms with Crippen molar-refractivity contribution in [2.45, 2.75) is 13.0 Å². The van der Waals surface area contributed by atoms with Gasteiger partial charge in [-0.05, 0) is 30.7 Å². The molecule has 18 heavy (non-hydrogen) atoms. The van der Waals surface area contributed by atoms with E-state index in [4.69, 9.17) is 15.2 Å². The van der Waals surface area contributed by atoms with E-state index >= 15 is 0 Å². The number of halogens is 1. The number of benzene rings is 1. The normalized spacial score (nSPS) is 11.3. The van der Waals surface area contributed by atoms with Gasteiger partial charge < -0.3 is 20.5 Å². The predicted molar refractivity (Wildman–Crippen MR) is 73.5 cm³/mol. The molecule has 0 radical (unpaired) electrons. The van der Waals surface area contributed by atoms with Crippen LogP contribution in [0.15, 0.2) is 18.2 Å². The molecule has 102 valence electrons. The fraction of sp³-hybridized carbons (Fsp3) is 0.417. The van der Waals surface area contributed by atoms with Crippen molar-refractivity contribution in [3.63, 3.8) is 0 Å². The van der Waals surface area contributed by atoms with Gasteiger partial charge in [-0.2, -0.15) is 0 Å². The average Bonchev–Trinajstić information content (AvgIpc) is 2.31. The molecule has 1 rings (SSSR count). The van der Waals surface area contributed by atoms with Crippen LogP contribution in [0.5, 0.6) is 5.75 Å². The summed E-state index contributed by atoms with van der Waals surface area (Å²) in [5.41, 5.74) is 7.26. The molecular formula is C12H19ClN2O3. The summed E-state index contributed by atoms with van der Waals surface area (Å²) in [7, 11) is 3.10. The number of anilines is 1. The number of amides is 1. The SMILES string of the molecule is COCC(N)C(=O)Nc1ccc(OC)cc1C.Cl. The van der Waals surface area contributed by atoms with E-state index in [1.807, 2.05) is 13.0 Å². The number of carbonyl (C=O) groups is 1. The Balaban J connectivity index is 0.00000289. The summed E-state index contributed by atoms with van der Waals surface area (Å²) >= 11 is 0. The topological polar surface area (TPSA) is 73.6 Å². The number of hydrogen-bond donors (Lipinski definition) is 2. The van der Waals surface area contributed by atoms with Gasteiger partial charge in [0.15, 0.2) is 0 Å². The van der Waals surface area contributed by atoms with E-state index in [1.165, 1.54) is 7.11 Å². The lowest BCUT2D eigenvalue weighted by atomic mass is 10.2. The molecule has 0 heterocycles. The minimum absolute atomic E-state index is 0. The van der Waals surface area contributed by atoms with Crippen molar-refractivity contribution in [1.29, 1.82) is 0 Å². The van der Waals surface area contributed by atoms with E-state index in [0.717, 1.165) is 17.0 Å². The van der Waals surface area contributed by atoms with E-state index in [9.17, 15) is 4.79 Å². The lowest BCUT2D eigenvalue weighted by molar-refractivity contribution is -0.118. The van der Waals surface area contributed by atoms with Crippen molar-refractivity contribution < 1.29 is 14.3 Å². The van der Waals surface area contributed by atoms with Crippen LogP contribution in [-0.4, -0.2) is 32.8 Å². The highest BCUT2D eigenvalue weighted by molar-refractivity contribution is 5.95. The summed E-state index contributed by atoms with van der Waals surface area (Å²) in [4.78, 5) is 11.7. The van der Waals surface area contributed by atoms with Crippen LogP contribution in [0.4, 0.5) is 5.69 Å². The van der Waals surface area contributed by atoms with Gasteiger partial charge >= 0.3 is 0 Å². The summed E-state index contributed by atoms with van der Waals surface area (Å²) in [5.74, 6) is 0.488. The third kappa shape index (κ3) is 4.52. The molecule has 0 fully saturated rings. The highest BCUT2D eigenvalue weighted by atomic mass is 35.5. The first-order valence-corrected chi connectivity index (χ1v) is 5.28. The Kier molecular flexibility index (Phi) is 7.35. The molecule has 0 spiro atoms. The van der Waals surface area contributed by atoms with Gasteiger partial charge in [0.2, 0.25) is 5.91 Å². The van der Waals surface area contributed by atoms with Crippen LogP contribution in [0.3, 0.4) is 0 Å². The van der Waals surface area contributed by atoms with Crippen molar-refractivity contribution in [2.24, 2.45) is 5.73 Å². The highest BCUT2D eigenvalue weighted by Crippen LogP contribution is 2.20. The van der Waals surface area contributed by atoms with Gasteiger partial charge in [-0.25, -0.2) is 0 Å². The van der Waals surface area contributed by atoms with Crippen LogP contribution in [0.25, 0.3) is 0 Å². The van der Waals surface area contributed by atoms with Gasteiger partial charge in [-0.1, -0.05) is 0 Å². The fourth-order valence-electron chi connectivity index (χ4n) is 1.38. The Hall–Kier alpha value is -1.30. The number of aryl methyl sites for hydroxylation is 1. The van der Waals surface area contributed by atoms with Gasteiger partial charge in [0.25, 0.3) is 0 Å². The number of nitrogens with one attached hydrogen (secondary N) is 1. The molecule has 6 heteroatoms. The predicted octanol–water partition coefficient (Wildman–Crippen LogP) is 1.34. The third-order valence-electron chi connectivity index (χ3n) is 2.37. The van der Waals surface area contributed by atoms with Crippen LogP contribution >= 0.6 is 12.4 Å². The van der Waals surface area contributed by atoms with Gasteiger partial charge in [0.05, 0.1) is 13.7 Å². The third-order valence-corrected chi connectivity index (χ3v) is 2.37. The Morgan fingerprint density at radius 3 is 2.61 bits per heavy atom. The summed E-state index contributed by atoms with van der Waals surface area (Å²) in [6.45, 7) is 2.08. The first kappa shape index (κ1) is 16.7. The molecule has 0 aliphatic rings. The van der Waals surface area contributed by atoms with E-state index < -0.39 is 6.04 Å². The molecule has 0 saturated heterocycles. The van der Waals surface area contributed by atoms with E-state index in [0.29, 0.717) is 0 Å². The smallest absolute Gasteiger partial charge is 0.243 e. The molecule has 1 aromatic carbocycles. The van der Waals surface area contributed by atoms with Gasteiger partial charge in [0, 0.05) is 12.8 Å². The Bertz CT molecular complexity index is 399. The Morgan fingerprint density at radius 1 is 1.44 bits per heavy atom. The number of methoxy groups -OCH3 is 2. The first-order valence-electron chi connectivity index (χ1n) is 5.28. The maximum absolute atomic E-state index is 11.7. The monoisotopic (exact) mass is 274 g/mol. The summed E-state index contributed by atoms with van der Waals surface area (Å²) in [6, 6.07) is 4.74. The zero-order chi connectivity index (χ0) is 12.8. The highest BCUT2D eigenvalue weighted by Gasteiger charge is 2.14. The van der Waals surface area contributed by atoms with Crippen molar-refractivity contribution in [1.82, 2.24) is 0 Å². The second-order valence-electron chi connectivity index (χ2n) is 3.73. The molecule has 1 unspecified atom stereocenters. The van der Waals surface area contributed by atoms with Gasteiger partial charge in [-0.15, -0.1) is 12.4 Å². The lowest BCUT2D eigenvalue weighted by Gasteiger charge is -2.13. The molecule has 1 amide bonds. The van der Waals surface area contributed by atoms with Crippen molar-refractivity contribution in [3.8, 4) is 5.75 Å². The molecular weight excluding hydrogens is 256 g/mol. The zero-order valence-electron chi connectivity index (χ0n) is 10.7. The number of carbonyl (C=O) groups excluding carboxylic acids is 1. The molecule has 0 aromatic heterocycles. The number of hydrogen-bond acceptors (Lipinski definition) is 4. The molecule has 1 aromatic rings. The Morgan fingerprint density at radius 2 is 2.11 bits per heavy atom. The van der Waals surface area contributed by atoms with E-state index in [-0.39, 0.29) is 24.9 Å². The van der Waals surface area contributed by atoms with Crippen LogP contribution in [-0.2, 0) is 9.53 Å². The second-order valence-corrected chi connectivity index (χ2v) is 3.73. The summed E-state index contributed by atoms with van der Waals surface area (Å²) < 4.78 is 9.91. The second kappa shape index (κ2) is 7.92. The first-order chi connectivity index (χ1) is 8.08. The molecule has 1 atom stereocenters. The molecule has 3 N–H and O–H groups in total. The number of ether oxygens (including phenoxy) is 2. The zero-order valence-corrected chi connectivity index (χ0v) is 11.5. The van der Waals surface area contributed by atoms with Crippen molar-refractivity contribution >= 4 is 24.0 Å². The molecule has 0 aliphatic carbocycles. The van der Waals surface area contributed by atoms with E-state index in [2.05, 4.69) is 5.32 Å². The fourth-order valence-corrected chi connectivity index (χ4v) is 1.38. The molecule has 0 aliphatic heterocycles. The van der Waals surface area contributed by atoms with Crippen LogP contribution in [0.2, 0.25) is 0 Å². The lowest BCUT2D eigenvalue weighted by Crippen LogP contribution is -2.39. The largest absolute Gasteiger partial charge is 0.497 e. The minimum Gasteiger partial charge on any atom is -0.497 e. The van der Waals surface area contributed by atoms with Gasteiger partial charge in [0.1, 0.15) is 11.8 Å². The van der Waals surface area contributed by atoms with Crippen molar-refractivity contribution in [3.05, 3.63) is 23.8 Å². The molecule has 0 saturated carbocycles. The molecule has 5 nitrogen and oxygen atoms in total. The standard InChI is InChI=1S/C12H18N2O3.ClH/c1-8-6-9(17-3)4-5-11(8)14-12(15)10(13)7-16-2;/h4-6,10H,7,13H2,1-3H3,(H,14,15);1H. The number of nitrogens with two attached hydrogens (primary N) is 1. The Labute approximate surface area is 113 Å². The van der Waals surface area contributed by atoms with Crippen LogP contribution in [0, 0.1) is 6.92 Å². The quantitative estimate of drug-likeness (QED) is 0.850. The minimum atomic E-state index is -0.665. The van der Waals surface area contributed by atoms with E-state index in [1.54, 1.807) is 19.2 Å². The summed E-state index contributed by atoms with van der Waals surface area (Å²) in [5, 5.41) is 2.75. The van der Waals surface area contributed by atoms with Crippen LogP contribution < -0.4 is 15.8 Å². The summed E-state index contributed by atoms with van der Waals surface area (Å²) in [6.07, 6.45) is 0. The molecule has 0 bridgehead atoms. The van der Waals surface area contributed by atoms with Gasteiger partial charge in [-0.3, -0.25) is 4.79 Å². The maximum atomic E-state index is 11.7.